The summed E-state index contributed by atoms with van der Waals surface area (Å²) in [6.07, 6.45) is 1.77. The quantitative estimate of drug-likeness (QED) is 0.769. The first-order valence-corrected chi connectivity index (χ1v) is 9.93. The van der Waals surface area contributed by atoms with Crippen LogP contribution in [0.15, 0.2) is 29.1 Å². The molecule has 150 valence electrons. The molecule has 1 fully saturated rings. The highest BCUT2D eigenvalue weighted by Crippen LogP contribution is 2.21. The van der Waals surface area contributed by atoms with E-state index < -0.39 is 0 Å². The minimum Gasteiger partial charge on any atom is -0.493 e. The number of benzene rings is 1. The molecule has 1 amide bonds. The van der Waals surface area contributed by atoms with Crippen molar-refractivity contribution in [1.82, 2.24) is 14.5 Å². The number of carbonyl (C=O) groups is 1. The average Bonchev–Trinajstić information content (AvgIpc) is 2.69. The van der Waals surface area contributed by atoms with Crippen LogP contribution >= 0.6 is 11.6 Å². The Bertz CT molecular complexity index is 900. The zero-order chi connectivity index (χ0) is 20.3. The highest BCUT2D eigenvalue weighted by Gasteiger charge is 2.24. The van der Waals surface area contributed by atoms with E-state index in [-0.39, 0.29) is 18.1 Å². The van der Waals surface area contributed by atoms with Gasteiger partial charge < -0.3 is 9.64 Å². The smallest absolute Gasteiger partial charge is 0.348 e. The van der Waals surface area contributed by atoms with E-state index in [9.17, 15) is 9.59 Å². The number of hydrogen-bond donors (Lipinski definition) is 0. The molecule has 0 bridgehead atoms. The lowest BCUT2D eigenvalue weighted by Crippen LogP contribution is -2.43. The van der Waals surface area contributed by atoms with Gasteiger partial charge in [-0.15, -0.1) is 0 Å². The molecule has 7 heteroatoms. The van der Waals surface area contributed by atoms with Gasteiger partial charge in [-0.1, -0.05) is 11.6 Å². The number of halogens is 1. The van der Waals surface area contributed by atoms with Gasteiger partial charge in [-0.25, -0.2) is 4.79 Å². The first-order valence-electron chi connectivity index (χ1n) is 9.56. The number of amides is 1. The van der Waals surface area contributed by atoms with E-state index in [0.29, 0.717) is 36.3 Å². The molecule has 1 aromatic heterocycles. The fourth-order valence-electron chi connectivity index (χ4n) is 3.41. The van der Waals surface area contributed by atoms with E-state index in [4.69, 9.17) is 16.3 Å². The predicted molar refractivity (Wildman–Crippen MR) is 109 cm³/mol. The van der Waals surface area contributed by atoms with Crippen molar-refractivity contribution in [2.45, 2.75) is 40.2 Å². The van der Waals surface area contributed by atoms with Gasteiger partial charge in [0.25, 0.3) is 0 Å². The zero-order valence-corrected chi connectivity index (χ0v) is 17.3. The molecule has 6 nitrogen and oxygen atoms in total. The topological polar surface area (TPSA) is 64.4 Å². The Balaban J connectivity index is 1.52. The minimum atomic E-state index is -0.361. The Morgan fingerprint density at radius 3 is 2.46 bits per heavy atom. The molecule has 28 heavy (non-hydrogen) atoms. The van der Waals surface area contributed by atoms with Crippen molar-refractivity contribution in [1.29, 1.82) is 0 Å². The average molecular weight is 404 g/mol. The predicted octanol–water partition coefficient (Wildman–Crippen LogP) is 3.14. The van der Waals surface area contributed by atoms with Crippen molar-refractivity contribution >= 4 is 17.5 Å². The molecule has 3 rings (SSSR count). The highest BCUT2D eigenvalue weighted by molar-refractivity contribution is 6.30. The van der Waals surface area contributed by atoms with Crippen LogP contribution in [-0.2, 0) is 11.3 Å². The van der Waals surface area contributed by atoms with Crippen molar-refractivity contribution in [3.63, 3.8) is 0 Å². The van der Waals surface area contributed by atoms with Gasteiger partial charge in [-0.2, -0.15) is 4.98 Å². The molecule has 0 spiro atoms. The molecule has 1 aliphatic heterocycles. The van der Waals surface area contributed by atoms with Crippen LogP contribution in [0.3, 0.4) is 0 Å². The van der Waals surface area contributed by atoms with E-state index in [1.807, 2.05) is 49.9 Å². The van der Waals surface area contributed by atoms with Gasteiger partial charge in [0.2, 0.25) is 5.91 Å². The summed E-state index contributed by atoms with van der Waals surface area (Å²) in [5.74, 6) is 1.18. The van der Waals surface area contributed by atoms with Crippen LogP contribution in [-0.4, -0.2) is 40.1 Å². The Morgan fingerprint density at radius 2 is 1.82 bits per heavy atom. The number of aromatic nitrogens is 2. The molecule has 0 saturated carbocycles. The van der Waals surface area contributed by atoms with Crippen molar-refractivity contribution in [2.75, 3.05) is 19.7 Å². The highest BCUT2D eigenvalue weighted by atomic mass is 35.5. The van der Waals surface area contributed by atoms with E-state index in [1.165, 1.54) is 4.57 Å². The fraction of sp³-hybridized carbons (Fsp3) is 0.476. The summed E-state index contributed by atoms with van der Waals surface area (Å²) in [7, 11) is 0. The number of likely N-dealkylation sites (tertiary alicyclic amines) is 1. The van der Waals surface area contributed by atoms with Gasteiger partial charge in [0, 0.05) is 29.5 Å². The third kappa shape index (κ3) is 4.73. The van der Waals surface area contributed by atoms with Crippen molar-refractivity contribution < 1.29 is 9.53 Å². The number of piperidine rings is 1. The Morgan fingerprint density at radius 1 is 1.18 bits per heavy atom. The maximum Gasteiger partial charge on any atom is 0.348 e. The number of carbonyl (C=O) groups excluding carboxylic acids is 1. The van der Waals surface area contributed by atoms with E-state index in [2.05, 4.69) is 4.98 Å². The van der Waals surface area contributed by atoms with Crippen LogP contribution in [0.4, 0.5) is 0 Å². The SMILES string of the molecule is Cc1nc(=O)n(CC(=O)N2CCC(COc3ccc(Cl)cc3)CC2)c(C)c1C. The maximum atomic E-state index is 12.7. The summed E-state index contributed by atoms with van der Waals surface area (Å²) in [4.78, 5) is 30.7. The second-order valence-electron chi connectivity index (χ2n) is 7.37. The molecule has 2 heterocycles. The van der Waals surface area contributed by atoms with Crippen LogP contribution in [0.2, 0.25) is 5.02 Å². The van der Waals surface area contributed by atoms with Crippen molar-refractivity contribution in [3.8, 4) is 5.75 Å². The molecule has 1 aliphatic rings. The Kier molecular flexibility index (Phi) is 6.39. The van der Waals surface area contributed by atoms with E-state index in [1.54, 1.807) is 0 Å². The van der Waals surface area contributed by atoms with Crippen molar-refractivity contribution in [3.05, 3.63) is 56.7 Å². The second-order valence-corrected chi connectivity index (χ2v) is 7.80. The van der Waals surface area contributed by atoms with Crippen LogP contribution in [0, 0.1) is 26.7 Å². The van der Waals surface area contributed by atoms with Crippen LogP contribution in [0.1, 0.15) is 29.8 Å². The number of aryl methyl sites for hydroxylation is 1. The Hall–Kier alpha value is -2.34. The first-order chi connectivity index (χ1) is 13.3. The molecule has 0 unspecified atom stereocenters. The molecular weight excluding hydrogens is 378 g/mol. The molecule has 1 saturated heterocycles. The van der Waals surface area contributed by atoms with Gasteiger partial charge in [0.05, 0.1) is 6.61 Å². The van der Waals surface area contributed by atoms with E-state index >= 15 is 0 Å². The largest absolute Gasteiger partial charge is 0.493 e. The second kappa shape index (κ2) is 8.78. The molecule has 2 aromatic rings. The molecular formula is C21H26ClN3O3. The summed E-state index contributed by atoms with van der Waals surface area (Å²) in [6, 6.07) is 7.34. The van der Waals surface area contributed by atoms with Crippen LogP contribution in [0.25, 0.3) is 0 Å². The summed E-state index contributed by atoms with van der Waals surface area (Å²) in [6.45, 7) is 7.63. The van der Waals surface area contributed by atoms with Gasteiger partial charge in [0.1, 0.15) is 12.3 Å². The standard InChI is InChI=1S/C21H26ClN3O3/c1-14-15(2)23-21(27)25(16(14)3)12-20(26)24-10-8-17(9-11-24)13-28-19-6-4-18(22)5-7-19/h4-7,17H,8-13H2,1-3H3. The van der Waals surface area contributed by atoms with Gasteiger partial charge >= 0.3 is 5.69 Å². The minimum absolute atomic E-state index is 0.0349. The van der Waals surface area contributed by atoms with Gasteiger partial charge in [0.15, 0.2) is 0 Å². The van der Waals surface area contributed by atoms with Crippen LogP contribution < -0.4 is 10.4 Å². The lowest BCUT2D eigenvalue weighted by atomic mass is 9.98. The summed E-state index contributed by atoms with van der Waals surface area (Å²) in [5, 5.41) is 0.687. The number of nitrogens with zero attached hydrogens (tertiary/aromatic N) is 3. The van der Waals surface area contributed by atoms with Gasteiger partial charge in [-0.3, -0.25) is 9.36 Å². The molecule has 0 radical (unpaired) electrons. The summed E-state index contributed by atoms with van der Waals surface area (Å²) in [5.41, 5.74) is 2.11. The molecule has 0 atom stereocenters. The van der Waals surface area contributed by atoms with Gasteiger partial charge in [-0.05, 0) is 69.4 Å². The van der Waals surface area contributed by atoms with Crippen LogP contribution in [0.5, 0.6) is 5.75 Å². The monoisotopic (exact) mass is 403 g/mol. The normalized spacial score (nSPS) is 14.9. The molecule has 0 N–H and O–H groups in total. The lowest BCUT2D eigenvalue weighted by Gasteiger charge is -2.32. The number of rotatable bonds is 5. The zero-order valence-electron chi connectivity index (χ0n) is 16.6. The summed E-state index contributed by atoms with van der Waals surface area (Å²) >= 11 is 5.88. The first kappa shape index (κ1) is 20.4. The summed E-state index contributed by atoms with van der Waals surface area (Å²) < 4.78 is 7.30. The van der Waals surface area contributed by atoms with E-state index in [0.717, 1.165) is 29.8 Å². The Labute approximate surface area is 170 Å². The van der Waals surface area contributed by atoms with Crippen molar-refractivity contribution in [2.24, 2.45) is 5.92 Å². The number of hydrogen-bond acceptors (Lipinski definition) is 4. The third-order valence-corrected chi connectivity index (χ3v) is 5.80. The fourth-order valence-corrected chi connectivity index (χ4v) is 3.54. The molecule has 0 aliphatic carbocycles. The number of ether oxygens (including phenoxy) is 1. The third-order valence-electron chi connectivity index (χ3n) is 5.54. The molecule has 1 aromatic carbocycles. The maximum absolute atomic E-state index is 12.7. The lowest BCUT2D eigenvalue weighted by molar-refractivity contribution is -0.133.